The highest BCUT2D eigenvalue weighted by atomic mass is 19.4. The Kier molecular flexibility index (Phi) is 6.44. The molecule has 2 aromatic rings. The van der Waals surface area contributed by atoms with Crippen molar-refractivity contribution in [3.63, 3.8) is 0 Å². The molecule has 0 aliphatic carbocycles. The third-order valence-electron chi connectivity index (χ3n) is 5.38. The minimum atomic E-state index is -5.85. The number of halogens is 5. The predicted molar refractivity (Wildman–Crippen MR) is 109 cm³/mol. The van der Waals surface area contributed by atoms with E-state index in [-0.39, 0.29) is 0 Å². The SMILES string of the molecule is C[C@H](C(=O)NCC(F)(F)C(F)(F)F)C(=O)N[C@@H]1C(=O)N(C)c2ccccc2-c2ccccc21. The van der Waals surface area contributed by atoms with Gasteiger partial charge in [-0.15, -0.1) is 0 Å². The summed E-state index contributed by atoms with van der Waals surface area (Å²) >= 11 is 0. The zero-order valence-electron chi connectivity index (χ0n) is 17.5. The van der Waals surface area contributed by atoms with Crippen LogP contribution in [0, 0.1) is 5.92 Å². The van der Waals surface area contributed by atoms with E-state index in [1.54, 1.807) is 48.5 Å². The van der Waals surface area contributed by atoms with E-state index in [9.17, 15) is 36.3 Å². The van der Waals surface area contributed by atoms with E-state index < -0.39 is 48.3 Å². The number of rotatable bonds is 5. The van der Waals surface area contributed by atoms with Crippen LogP contribution in [0.4, 0.5) is 27.6 Å². The van der Waals surface area contributed by atoms with Crippen LogP contribution < -0.4 is 15.5 Å². The van der Waals surface area contributed by atoms with Crippen molar-refractivity contribution in [3.05, 3.63) is 54.1 Å². The second-order valence-corrected chi connectivity index (χ2v) is 7.58. The largest absolute Gasteiger partial charge is 0.455 e. The van der Waals surface area contributed by atoms with Crippen LogP contribution in [0.15, 0.2) is 48.5 Å². The highest BCUT2D eigenvalue weighted by molar-refractivity contribution is 6.07. The van der Waals surface area contributed by atoms with E-state index >= 15 is 0 Å². The van der Waals surface area contributed by atoms with Crippen LogP contribution in [-0.4, -0.2) is 43.4 Å². The molecule has 2 aromatic carbocycles. The first-order chi connectivity index (χ1) is 15.3. The van der Waals surface area contributed by atoms with Crippen LogP contribution in [-0.2, 0) is 14.4 Å². The van der Waals surface area contributed by atoms with Crippen molar-refractivity contribution >= 4 is 23.4 Å². The lowest BCUT2D eigenvalue weighted by molar-refractivity contribution is -0.278. The summed E-state index contributed by atoms with van der Waals surface area (Å²) in [4.78, 5) is 39.2. The number of amides is 3. The first-order valence-corrected chi connectivity index (χ1v) is 9.83. The molecular weight excluding hydrogens is 449 g/mol. The standard InChI is InChI=1S/C22H20F5N3O3/c1-12(18(31)28-11-21(23,24)22(25,26)27)19(32)29-17-15-9-4-3-7-13(15)14-8-5-6-10-16(14)30(2)20(17)33/h3-10,12,17H,11H2,1-2H3,(H,28,31)(H,29,32)/t12-,17+/m1/s1. The number of nitrogens with one attached hydrogen (secondary N) is 2. The van der Waals surface area contributed by atoms with Gasteiger partial charge in [0.15, 0.2) is 0 Å². The molecule has 1 aliphatic rings. The second kappa shape index (κ2) is 8.80. The molecular formula is C22H20F5N3O3. The van der Waals surface area contributed by atoms with Crippen molar-refractivity contribution in [1.29, 1.82) is 0 Å². The number of carbonyl (C=O) groups is 3. The van der Waals surface area contributed by atoms with Gasteiger partial charge >= 0.3 is 12.1 Å². The highest BCUT2D eigenvalue weighted by Gasteiger charge is 2.57. The fraction of sp³-hybridized carbons (Fsp3) is 0.318. The first-order valence-electron chi connectivity index (χ1n) is 9.83. The summed E-state index contributed by atoms with van der Waals surface area (Å²) in [6.07, 6.45) is -5.85. The summed E-state index contributed by atoms with van der Waals surface area (Å²) in [6, 6.07) is 12.7. The Hall–Kier alpha value is -3.50. The Morgan fingerprint density at radius 2 is 1.55 bits per heavy atom. The molecule has 0 saturated carbocycles. The fourth-order valence-corrected chi connectivity index (χ4v) is 3.41. The fourth-order valence-electron chi connectivity index (χ4n) is 3.41. The molecule has 3 rings (SSSR count). The molecule has 0 saturated heterocycles. The zero-order valence-corrected chi connectivity index (χ0v) is 17.5. The first kappa shape index (κ1) is 24.1. The number of likely N-dealkylation sites (N-methyl/N-ethyl adjacent to an activating group) is 1. The normalized spacial score (nSPS) is 16.9. The number of benzene rings is 2. The molecule has 2 N–H and O–H groups in total. The van der Waals surface area contributed by atoms with Gasteiger partial charge in [0.1, 0.15) is 12.0 Å². The molecule has 0 aromatic heterocycles. The predicted octanol–water partition coefficient (Wildman–Crippen LogP) is 3.44. The molecule has 3 amide bonds. The molecule has 0 unspecified atom stereocenters. The third-order valence-corrected chi connectivity index (χ3v) is 5.38. The monoisotopic (exact) mass is 469 g/mol. The van der Waals surface area contributed by atoms with Gasteiger partial charge in [-0.3, -0.25) is 14.4 Å². The Morgan fingerprint density at radius 3 is 2.18 bits per heavy atom. The van der Waals surface area contributed by atoms with Crippen LogP contribution in [0.3, 0.4) is 0 Å². The highest BCUT2D eigenvalue weighted by Crippen LogP contribution is 2.39. The molecule has 33 heavy (non-hydrogen) atoms. The number of para-hydroxylation sites is 1. The summed E-state index contributed by atoms with van der Waals surface area (Å²) in [6.45, 7) is -0.960. The second-order valence-electron chi connectivity index (χ2n) is 7.58. The van der Waals surface area contributed by atoms with Crippen LogP contribution in [0.25, 0.3) is 11.1 Å². The molecule has 6 nitrogen and oxygen atoms in total. The summed E-state index contributed by atoms with van der Waals surface area (Å²) < 4.78 is 63.0. The van der Waals surface area contributed by atoms with Gasteiger partial charge in [-0.25, -0.2) is 0 Å². The molecule has 0 bridgehead atoms. The van der Waals surface area contributed by atoms with Gasteiger partial charge in [0.25, 0.3) is 5.91 Å². The average molecular weight is 469 g/mol. The average Bonchev–Trinajstić information content (AvgIpc) is 2.86. The third kappa shape index (κ3) is 4.67. The molecule has 11 heteroatoms. The van der Waals surface area contributed by atoms with Gasteiger partial charge in [0, 0.05) is 12.6 Å². The summed E-state index contributed by atoms with van der Waals surface area (Å²) in [5.74, 6) is -9.64. The Bertz CT molecular complexity index is 1090. The van der Waals surface area contributed by atoms with Crippen LogP contribution in [0.2, 0.25) is 0 Å². The van der Waals surface area contributed by atoms with Gasteiger partial charge in [-0.2, -0.15) is 22.0 Å². The smallest absolute Gasteiger partial charge is 0.349 e. The minimum Gasteiger partial charge on any atom is -0.349 e. The van der Waals surface area contributed by atoms with Crippen LogP contribution >= 0.6 is 0 Å². The number of hydrogen-bond donors (Lipinski definition) is 2. The minimum absolute atomic E-state index is 0.448. The van der Waals surface area contributed by atoms with E-state index in [1.165, 1.54) is 17.3 Å². The van der Waals surface area contributed by atoms with Gasteiger partial charge in [-0.1, -0.05) is 42.5 Å². The van der Waals surface area contributed by atoms with E-state index in [0.717, 1.165) is 12.5 Å². The maximum absolute atomic E-state index is 13.2. The lowest BCUT2D eigenvalue weighted by atomic mass is 9.95. The Morgan fingerprint density at radius 1 is 0.970 bits per heavy atom. The summed E-state index contributed by atoms with van der Waals surface area (Å²) in [5.41, 5.74) is 2.44. The Balaban J connectivity index is 1.82. The van der Waals surface area contributed by atoms with Gasteiger partial charge in [-0.05, 0) is 24.1 Å². The molecule has 0 fully saturated rings. The lowest BCUT2D eigenvalue weighted by Gasteiger charge is -2.24. The zero-order chi connectivity index (χ0) is 24.6. The van der Waals surface area contributed by atoms with Crippen LogP contribution in [0.1, 0.15) is 18.5 Å². The molecule has 176 valence electrons. The molecule has 1 heterocycles. The van der Waals surface area contributed by atoms with E-state index in [4.69, 9.17) is 0 Å². The number of carbonyl (C=O) groups excluding carboxylic acids is 3. The summed E-state index contributed by atoms with van der Waals surface area (Å²) in [5, 5.41) is 3.89. The maximum Gasteiger partial charge on any atom is 0.455 e. The van der Waals surface area contributed by atoms with Gasteiger partial charge < -0.3 is 15.5 Å². The van der Waals surface area contributed by atoms with E-state index in [2.05, 4.69) is 5.32 Å². The van der Waals surface area contributed by atoms with Gasteiger partial charge in [0.05, 0.1) is 12.2 Å². The van der Waals surface area contributed by atoms with Crippen molar-refractivity contribution < 1.29 is 36.3 Å². The summed E-state index contributed by atoms with van der Waals surface area (Å²) in [7, 11) is 1.52. The number of hydrogen-bond acceptors (Lipinski definition) is 3. The van der Waals surface area contributed by atoms with Crippen LogP contribution in [0.5, 0.6) is 0 Å². The van der Waals surface area contributed by atoms with Crippen molar-refractivity contribution in [3.8, 4) is 11.1 Å². The molecule has 0 radical (unpaired) electrons. The molecule has 0 spiro atoms. The number of anilines is 1. The van der Waals surface area contributed by atoms with Crippen molar-refractivity contribution in [2.75, 3.05) is 18.5 Å². The van der Waals surface area contributed by atoms with E-state index in [1.807, 2.05) is 0 Å². The number of nitrogens with zero attached hydrogens (tertiary/aromatic N) is 1. The number of alkyl halides is 5. The van der Waals surface area contributed by atoms with Crippen molar-refractivity contribution in [1.82, 2.24) is 10.6 Å². The molecule has 1 aliphatic heterocycles. The molecule has 2 atom stereocenters. The van der Waals surface area contributed by atoms with Crippen molar-refractivity contribution in [2.24, 2.45) is 5.92 Å². The maximum atomic E-state index is 13.2. The number of fused-ring (bicyclic) bond motifs is 3. The Labute approximate surface area is 185 Å². The van der Waals surface area contributed by atoms with E-state index in [0.29, 0.717) is 16.8 Å². The topological polar surface area (TPSA) is 78.5 Å². The van der Waals surface area contributed by atoms with Crippen molar-refractivity contribution in [2.45, 2.75) is 25.1 Å². The lowest BCUT2D eigenvalue weighted by Crippen LogP contribution is -2.50. The quantitative estimate of drug-likeness (QED) is 0.520. The van der Waals surface area contributed by atoms with Gasteiger partial charge in [0.2, 0.25) is 11.8 Å².